The second-order valence-corrected chi connectivity index (χ2v) is 4.37. The van der Waals surface area contributed by atoms with E-state index in [0.29, 0.717) is 5.88 Å². The van der Waals surface area contributed by atoms with E-state index in [4.69, 9.17) is 10.5 Å². The molecule has 1 aliphatic heterocycles. The lowest BCUT2D eigenvalue weighted by Gasteiger charge is -2.21. The van der Waals surface area contributed by atoms with Crippen molar-refractivity contribution < 1.29 is 4.74 Å². The molecule has 1 aliphatic rings. The fourth-order valence-electron chi connectivity index (χ4n) is 2.18. The van der Waals surface area contributed by atoms with Gasteiger partial charge < -0.3 is 20.3 Å². The second-order valence-electron chi connectivity index (χ2n) is 4.37. The number of methoxy groups -OCH3 is 1. The van der Waals surface area contributed by atoms with E-state index in [0.717, 1.165) is 51.6 Å². The van der Waals surface area contributed by atoms with Crippen LogP contribution < -0.4 is 15.4 Å². The van der Waals surface area contributed by atoms with E-state index in [2.05, 4.69) is 19.8 Å². The van der Waals surface area contributed by atoms with Crippen molar-refractivity contribution in [2.75, 3.05) is 51.3 Å². The summed E-state index contributed by atoms with van der Waals surface area (Å²) in [4.78, 5) is 13.3. The lowest BCUT2D eigenvalue weighted by atomic mass is 10.4. The van der Waals surface area contributed by atoms with Crippen LogP contribution in [-0.4, -0.2) is 61.2 Å². The molecule has 6 nitrogen and oxygen atoms in total. The average Bonchev–Trinajstić information content (AvgIpc) is 2.65. The highest BCUT2D eigenvalue weighted by molar-refractivity contribution is 5.32. The van der Waals surface area contributed by atoms with E-state index in [1.807, 2.05) is 0 Å². The maximum atomic E-state index is 5.60. The molecule has 1 fully saturated rings. The van der Waals surface area contributed by atoms with Gasteiger partial charge in [0.25, 0.3) is 0 Å². The first kappa shape index (κ1) is 13.0. The Kier molecular flexibility index (Phi) is 4.72. The van der Waals surface area contributed by atoms with Crippen LogP contribution >= 0.6 is 0 Å². The minimum atomic E-state index is 0.614. The van der Waals surface area contributed by atoms with Crippen LogP contribution in [0.4, 0.5) is 5.95 Å². The van der Waals surface area contributed by atoms with Gasteiger partial charge in [0, 0.05) is 45.0 Å². The minimum absolute atomic E-state index is 0.614. The summed E-state index contributed by atoms with van der Waals surface area (Å²) in [6.45, 7) is 5.71. The largest absolute Gasteiger partial charge is 0.481 e. The summed E-state index contributed by atoms with van der Waals surface area (Å²) in [5.41, 5.74) is 5.60. The monoisotopic (exact) mass is 251 g/mol. The minimum Gasteiger partial charge on any atom is -0.481 e. The SMILES string of the molecule is COc1ccnc(N2CCCN(CCN)CC2)n1. The zero-order chi connectivity index (χ0) is 12.8. The van der Waals surface area contributed by atoms with Crippen LogP contribution in [0.1, 0.15) is 6.42 Å². The van der Waals surface area contributed by atoms with Gasteiger partial charge in [0.05, 0.1) is 7.11 Å². The number of ether oxygens (including phenoxy) is 1. The van der Waals surface area contributed by atoms with Gasteiger partial charge in [-0.25, -0.2) is 4.98 Å². The van der Waals surface area contributed by atoms with Crippen molar-refractivity contribution in [1.29, 1.82) is 0 Å². The third-order valence-corrected chi connectivity index (χ3v) is 3.14. The Balaban J connectivity index is 2.00. The predicted octanol–water partition coefficient (Wildman–Crippen LogP) is -0.0440. The molecule has 0 radical (unpaired) electrons. The summed E-state index contributed by atoms with van der Waals surface area (Å²) in [5, 5.41) is 0. The van der Waals surface area contributed by atoms with Crippen molar-refractivity contribution in [2.24, 2.45) is 5.73 Å². The maximum Gasteiger partial charge on any atom is 0.228 e. The van der Waals surface area contributed by atoms with Gasteiger partial charge in [-0.05, 0) is 13.0 Å². The van der Waals surface area contributed by atoms with Gasteiger partial charge in [-0.1, -0.05) is 0 Å². The van der Waals surface area contributed by atoms with Crippen molar-refractivity contribution in [3.63, 3.8) is 0 Å². The van der Waals surface area contributed by atoms with Crippen LogP contribution in [0, 0.1) is 0 Å². The molecule has 1 aromatic rings. The Morgan fingerprint density at radius 3 is 3.00 bits per heavy atom. The lowest BCUT2D eigenvalue weighted by molar-refractivity contribution is 0.302. The van der Waals surface area contributed by atoms with E-state index in [1.54, 1.807) is 19.4 Å². The van der Waals surface area contributed by atoms with Crippen molar-refractivity contribution in [1.82, 2.24) is 14.9 Å². The van der Waals surface area contributed by atoms with Crippen molar-refractivity contribution in [2.45, 2.75) is 6.42 Å². The van der Waals surface area contributed by atoms with Gasteiger partial charge in [-0.15, -0.1) is 0 Å². The summed E-state index contributed by atoms with van der Waals surface area (Å²) >= 11 is 0. The van der Waals surface area contributed by atoms with Crippen LogP contribution in [0.5, 0.6) is 5.88 Å². The quantitative estimate of drug-likeness (QED) is 0.809. The van der Waals surface area contributed by atoms with Crippen LogP contribution in [0.15, 0.2) is 12.3 Å². The average molecular weight is 251 g/mol. The van der Waals surface area contributed by atoms with Crippen LogP contribution in [0.25, 0.3) is 0 Å². The van der Waals surface area contributed by atoms with E-state index < -0.39 is 0 Å². The lowest BCUT2D eigenvalue weighted by Crippen LogP contribution is -2.34. The second kappa shape index (κ2) is 6.51. The zero-order valence-electron chi connectivity index (χ0n) is 10.9. The Morgan fingerprint density at radius 1 is 1.33 bits per heavy atom. The highest BCUT2D eigenvalue weighted by Gasteiger charge is 2.16. The first-order valence-corrected chi connectivity index (χ1v) is 6.38. The molecule has 0 amide bonds. The Bertz CT molecular complexity index is 373. The molecule has 18 heavy (non-hydrogen) atoms. The molecule has 0 aliphatic carbocycles. The normalized spacial score (nSPS) is 17.6. The maximum absolute atomic E-state index is 5.60. The van der Waals surface area contributed by atoms with Gasteiger partial charge >= 0.3 is 0 Å². The van der Waals surface area contributed by atoms with Crippen LogP contribution in [0.2, 0.25) is 0 Å². The number of hydrogen-bond donors (Lipinski definition) is 1. The molecule has 0 aromatic carbocycles. The number of anilines is 1. The summed E-state index contributed by atoms with van der Waals surface area (Å²) in [6, 6.07) is 1.77. The molecule has 2 heterocycles. The summed E-state index contributed by atoms with van der Waals surface area (Å²) in [7, 11) is 1.62. The number of hydrogen-bond acceptors (Lipinski definition) is 6. The molecule has 2 N–H and O–H groups in total. The summed E-state index contributed by atoms with van der Waals surface area (Å²) in [5.74, 6) is 1.37. The fraction of sp³-hybridized carbons (Fsp3) is 0.667. The Morgan fingerprint density at radius 2 is 2.22 bits per heavy atom. The van der Waals surface area contributed by atoms with E-state index in [9.17, 15) is 0 Å². The highest BCUT2D eigenvalue weighted by atomic mass is 16.5. The topological polar surface area (TPSA) is 67.5 Å². The summed E-state index contributed by atoms with van der Waals surface area (Å²) in [6.07, 6.45) is 2.85. The molecular weight excluding hydrogens is 230 g/mol. The molecule has 0 unspecified atom stereocenters. The zero-order valence-corrected chi connectivity index (χ0v) is 10.9. The molecule has 0 atom stereocenters. The van der Waals surface area contributed by atoms with E-state index in [-0.39, 0.29) is 0 Å². The first-order chi connectivity index (χ1) is 8.83. The molecular formula is C12H21N5O. The molecule has 100 valence electrons. The van der Waals surface area contributed by atoms with Gasteiger partial charge in [0.1, 0.15) is 0 Å². The summed E-state index contributed by atoms with van der Waals surface area (Å²) < 4.78 is 5.13. The molecule has 1 saturated heterocycles. The highest BCUT2D eigenvalue weighted by Crippen LogP contribution is 2.14. The number of nitrogens with zero attached hydrogens (tertiary/aromatic N) is 4. The number of rotatable bonds is 4. The van der Waals surface area contributed by atoms with E-state index in [1.165, 1.54) is 0 Å². The molecule has 0 bridgehead atoms. The fourth-order valence-corrected chi connectivity index (χ4v) is 2.18. The van der Waals surface area contributed by atoms with Crippen LogP contribution in [0.3, 0.4) is 0 Å². The molecule has 2 rings (SSSR count). The molecule has 0 saturated carbocycles. The third kappa shape index (κ3) is 3.30. The Hall–Kier alpha value is -1.40. The van der Waals surface area contributed by atoms with Gasteiger partial charge in [0.2, 0.25) is 11.8 Å². The van der Waals surface area contributed by atoms with Crippen molar-refractivity contribution >= 4 is 5.95 Å². The molecule has 6 heteroatoms. The number of aromatic nitrogens is 2. The smallest absolute Gasteiger partial charge is 0.228 e. The van der Waals surface area contributed by atoms with Gasteiger partial charge in [-0.3, -0.25) is 0 Å². The standard InChI is InChI=1S/C12H21N5O/c1-18-11-3-5-14-12(15-11)17-7-2-6-16(8-4-13)9-10-17/h3,5H,2,4,6-10,13H2,1H3. The van der Waals surface area contributed by atoms with Gasteiger partial charge in [0.15, 0.2) is 0 Å². The van der Waals surface area contributed by atoms with E-state index >= 15 is 0 Å². The third-order valence-electron chi connectivity index (χ3n) is 3.14. The van der Waals surface area contributed by atoms with Gasteiger partial charge in [-0.2, -0.15) is 4.98 Å². The number of nitrogens with two attached hydrogens (primary N) is 1. The van der Waals surface area contributed by atoms with Crippen LogP contribution in [-0.2, 0) is 0 Å². The van der Waals surface area contributed by atoms with Crippen molar-refractivity contribution in [3.8, 4) is 5.88 Å². The molecule has 0 spiro atoms. The van der Waals surface area contributed by atoms with Crippen molar-refractivity contribution in [3.05, 3.63) is 12.3 Å². The predicted molar refractivity (Wildman–Crippen MR) is 70.9 cm³/mol. The Labute approximate surface area is 108 Å². The molecule has 1 aromatic heterocycles. The first-order valence-electron chi connectivity index (χ1n) is 6.38.